The first-order valence-corrected chi connectivity index (χ1v) is 8.54. The van der Waals surface area contributed by atoms with Crippen molar-refractivity contribution in [3.63, 3.8) is 0 Å². The Labute approximate surface area is 149 Å². The fraction of sp³-hybridized carbons (Fsp3) is 0.526. The van der Waals surface area contributed by atoms with Gasteiger partial charge >= 0.3 is 5.97 Å². The van der Waals surface area contributed by atoms with Gasteiger partial charge in [0, 0.05) is 19.2 Å². The van der Waals surface area contributed by atoms with Crippen LogP contribution >= 0.6 is 0 Å². The molecule has 0 unspecified atom stereocenters. The van der Waals surface area contributed by atoms with Crippen LogP contribution in [-0.2, 0) is 14.3 Å². The Morgan fingerprint density at radius 3 is 2.56 bits per heavy atom. The molecule has 1 amide bonds. The highest BCUT2D eigenvalue weighted by molar-refractivity contribution is 5.97. The van der Waals surface area contributed by atoms with Gasteiger partial charge in [-0.15, -0.1) is 0 Å². The number of nitrogens with one attached hydrogen (secondary N) is 1. The second kappa shape index (κ2) is 9.80. The number of hydrogen-bond acceptors (Lipinski definition) is 5. The number of unbranched alkanes of at least 4 members (excludes halogenated alkanes) is 2. The molecule has 0 aliphatic heterocycles. The van der Waals surface area contributed by atoms with Crippen LogP contribution in [0.4, 0.5) is 5.69 Å². The Morgan fingerprint density at radius 1 is 1.28 bits per heavy atom. The summed E-state index contributed by atoms with van der Waals surface area (Å²) in [7, 11) is 0. The maximum Gasteiger partial charge on any atom is 0.308 e. The number of benzene rings is 1. The fourth-order valence-electron chi connectivity index (χ4n) is 2.48. The Morgan fingerprint density at radius 2 is 2.00 bits per heavy atom. The molecule has 0 aliphatic carbocycles. The van der Waals surface area contributed by atoms with E-state index in [4.69, 9.17) is 9.47 Å². The van der Waals surface area contributed by atoms with Gasteiger partial charge in [0.15, 0.2) is 0 Å². The third-order valence-corrected chi connectivity index (χ3v) is 3.81. The molecule has 0 spiro atoms. The number of carbonyl (C=O) groups excluding carboxylic acids is 2. The molecule has 1 aromatic carbocycles. The molecule has 6 heteroatoms. The summed E-state index contributed by atoms with van der Waals surface area (Å²) in [6.45, 7) is 7.44. The molecule has 0 saturated carbocycles. The monoisotopic (exact) mass is 346 g/mol. The van der Waals surface area contributed by atoms with E-state index < -0.39 is 11.6 Å². The van der Waals surface area contributed by atoms with Crippen LogP contribution in [0.5, 0.6) is 5.75 Å². The van der Waals surface area contributed by atoms with Gasteiger partial charge in [-0.1, -0.05) is 26.2 Å². The van der Waals surface area contributed by atoms with Crippen LogP contribution in [0.3, 0.4) is 0 Å². The van der Waals surface area contributed by atoms with Crippen LogP contribution in [0.2, 0.25) is 0 Å². The number of nitriles is 1. The van der Waals surface area contributed by atoms with Crippen molar-refractivity contribution in [1.82, 2.24) is 0 Å². The molecule has 0 radical (unpaired) electrons. The topological polar surface area (TPSA) is 88.4 Å². The minimum Gasteiger partial charge on any atom is -0.425 e. The third-order valence-electron chi connectivity index (χ3n) is 3.81. The van der Waals surface area contributed by atoms with Crippen LogP contribution < -0.4 is 10.1 Å². The molecule has 1 aromatic rings. The molecular weight excluding hydrogens is 320 g/mol. The van der Waals surface area contributed by atoms with Gasteiger partial charge in [0.2, 0.25) is 0 Å². The van der Waals surface area contributed by atoms with E-state index in [-0.39, 0.29) is 17.2 Å². The zero-order valence-corrected chi connectivity index (χ0v) is 15.3. The van der Waals surface area contributed by atoms with Crippen molar-refractivity contribution in [3.05, 3.63) is 23.8 Å². The maximum absolute atomic E-state index is 12.7. The van der Waals surface area contributed by atoms with E-state index in [1.54, 1.807) is 13.0 Å². The molecule has 0 aromatic heterocycles. The molecule has 0 aliphatic rings. The van der Waals surface area contributed by atoms with Gasteiger partial charge in [-0.2, -0.15) is 5.26 Å². The molecule has 0 fully saturated rings. The average Bonchev–Trinajstić information content (AvgIpc) is 2.56. The highest BCUT2D eigenvalue weighted by Crippen LogP contribution is 2.25. The van der Waals surface area contributed by atoms with Crippen molar-refractivity contribution in [2.24, 2.45) is 0 Å². The first-order chi connectivity index (χ1) is 11.9. The smallest absolute Gasteiger partial charge is 0.308 e. The molecule has 25 heavy (non-hydrogen) atoms. The lowest BCUT2D eigenvalue weighted by Crippen LogP contribution is -2.42. The zero-order chi connectivity index (χ0) is 18.9. The quantitative estimate of drug-likeness (QED) is 0.417. The van der Waals surface area contributed by atoms with Gasteiger partial charge in [-0.05, 0) is 38.5 Å². The van der Waals surface area contributed by atoms with E-state index in [0.29, 0.717) is 18.7 Å². The fourth-order valence-corrected chi connectivity index (χ4v) is 2.48. The lowest BCUT2D eigenvalue weighted by molar-refractivity contribution is -0.139. The lowest BCUT2D eigenvalue weighted by atomic mass is 9.96. The minimum atomic E-state index is -0.925. The summed E-state index contributed by atoms with van der Waals surface area (Å²) in [5.74, 6) is -0.591. The summed E-state index contributed by atoms with van der Waals surface area (Å²) < 4.78 is 10.7. The van der Waals surface area contributed by atoms with E-state index >= 15 is 0 Å². The standard InChI is InChI=1S/C19H26N2O4/c1-5-7-8-11-19(4,24-6-2)18(23)21-16-9-10-17(25-14(3)22)15(12-16)13-20/h9-10,12H,5-8,11H2,1-4H3,(H,21,23)/t19-/m1/s1. The molecule has 6 nitrogen and oxygen atoms in total. The Kier molecular flexibility index (Phi) is 8.09. The molecule has 0 heterocycles. The summed E-state index contributed by atoms with van der Waals surface area (Å²) in [6, 6.07) is 6.52. The second-order valence-corrected chi connectivity index (χ2v) is 5.99. The number of anilines is 1. The van der Waals surface area contributed by atoms with Gasteiger partial charge in [0.05, 0.1) is 5.56 Å². The van der Waals surface area contributed by atoms with Crippen LogP contribution in [0.15, 0.2) is 18.2 Å². The number of hydrogen-bond donors (Lipinski definition) is 1. The number of carbonyl (C=O) groups is 2. The average molecular weight is 346 g/mol. The predicted molar refractivity (Wildman–Crippen MR) is 95.3 cm³/mol. The van der Waals surface area contributed by atoms with Gasteiger partial charge in [0.25, 0.3) is 5.91 Å². The summed E-state index contributed by atoms with van der Waals surface area (Å²) >= 11 is 0. The van der Waals surface area contributed by atoms with Crippen LogP contribution in [-0.4, -0.2) is 24.1 Å². The van der Waals surface area contributed by atoms with Gasteiger partial charge in [0.1, 0.15) is 17.4 Å². The van der Waals surface area contributed by atoms with E-state index in [9.17, 15) is 14.9 Å². The van der Waals surface area contributed by atoms with Crippen molar-refractivity contribution < 1.29 is 19.1 Å². The number of amides is 1. The molecule has 0 saturated heterocycles. The first kappa shape index (κ1) is 20.7. The Bertz CT molecular complexity index is 651. The second-order valence-electron chi connectivity index (χ2n) is 5.99. The number of nitrogens with zero attached hydrogens (tertiary/aromatic N) is 1. The summed E-state index contributed by atoms with van der Waals surface area (Å²) in [5.41, 5.74) is -0.290. The van der Waals surface area contributed by atoms with Gasteiger partial charge < -0.3 is 14.8 Å². The van der Waals surface area contributed by atoms with Crippen LogP contribution in [0.25, 0.3) is 0 Å². The van der Waals surface area contributed by atoms with Crippen LogP contribution in [0, 0.1) is 11.3 Å². The molecule has 136 valence electrons. The minimum absolute atomic E-state index is 0.170. The molecule has 1 rings (SSSR count). The first-order valence-electron chi connectivity index (χ1n) is 8.54. The molecular formula is C19H26N2O4. The number of rotatable bonds is 9. The number of ether oxygens (including phenoxy) is 2. The van der Waals surface area contributed by atoms with Crippen molar-refractivity contribution in [2.75, 3.05) is 11.9 Å². The van der Waals surface area contributed by atoms with Crippen molar-refractivity contribution in [3.8, 4) is 11.8 Å². The highest BCUT2D eigenvalue weighted by Gasteiger charge is 2.33. The largest absolute Gasteiger partial charge is 0.425 e. The van der Waals surface area contributed by atoms with E-state index in [1.165, 1.54) is 19.1 Å². The van der Waals surface area contributed by atoms with E-state index in [0.717, 1.165) is 19.3 Å². The van der Waals surface area contributed by atoms with E-state index in [1.807, 2.05) is 13.0 Å². The summed E-state index contributed by atoms with van der Waals surface area (Å²) in [4.78, 5) is 23.7. The van der Waals surface area contributed by atoms with Crippen molar-refractivity contribution in [2.45, 2.75) is 59.0 Å². The van der Waals surface area contributed by atoms with Gasteiger partial charge in [-0.3, -0.25) is 9.59 Å². The number of esters is 1. The van der Waals surface area contributed by atoms with Crippen LogP contribution in [0.1, 0.15) is 58.9 Å². The van der Waals surface area contributed by atoms with Crippen molar-refractivity contribution >= 4 is 17.6 Å². The van der Waals surface area contributed by atoms with E-state index in [2.05, 4.69) is 12.2 Å². The lowest BCUT2D eigenvalue weighted by Gasteiger charge is -2.28. The summed E-state index contributed by atoms with van der Waals surface area (Å²) in [6.07, 6.45) is 3.62. The predicted octanol–water partition coefficient (Wildman–Crippen LogP) is 3.80. The maximum atomic E-state index is 12.7. The van der Waals surface area contributed by atoms with Crippen molar-refractivity contribution in [1.29, 1.82) is 5.26 Å². The Hall–Kier alpha value is -2.39. The highest BCUT2D eigenvalue weighted by atomic mass is 16.5. The SMILES string of the molecule is CCCCC[C@@](C)(OCC)C(=O)Nc1ccc(OC(C)=O)c(C#N)c1. The molecule has 1 atom stereocenters. The summed E-state index contributed by atoms with van der Waals surface area (Å²) in [5, 5.41) is 12.0. The molecule has 1 N–H and O–H groups in total. The zero-order valence-electron chi connectivity index (χ0n) is 15.3. The third kappa shape index (κ3) is 6.20. The molecule has 0 bridgehead atoms. The normalized spacial score (nSPS) is 12.8. The van der Waals surface area contributed by atoms with Gasteiger partial charge in [-0.25, -0.2) is 0 Å². The Balaban J connectivity index is 2.92.